The fraction of sp³-hybridized carbons (Fsp3) is 0. The Labute approximate surface area is 157 Å². The number of hydrogen-bond acceptors (Lipinski definition) is 4. The molecule has 4 aromatic rings. The standard InChI is InChI=1S/2C10H8N2O2/c2*13-9-5-1-3-7(11-9)8-4-2-6-10(14)12-8/h2*1-6H,(H,11,13)(H,12,14). The molecule has 4 N–H and O–H groups in total. The van der Waals surface area contributed by atoms with Crippen molar-refractivity contribution >= 4 is 0 Å². The minimum Gasteiger partial charge on any atom is -0.321 e. The summed E-state index contributed by atoms with van der Waals surface area (Å²) < 4.78 is 0. The molecular formula is C20H16N4O4. The summed E-state index contributed by atoms with van der Waals surface area (Å²) in [4.78, 5) is 54.5. The lowest BCUT2D eigenvalue weighted by Crippen LogP contribution is -2.08. The molecule has 0 aromatic carbocycles. The van der Waals surface area contributed by atoms with E-state index in [4.69, 9.17) is 0 Å². The molecule has 4 rings (SSSR count). The molecule has 0 fully saturated rings. The lowest BCUT2D eigenvalue weighted by Gasteiger charge is -1.99. The quantitative estimate of drug-likeness (QED) is 0.422. The summed E-state index contributed by atoms with van der Waals surface area (Å²) in [5, 5.41) is 0. The first kappa shape index (κ1) is 18.6. The molecule has 0 radical (unpaired) electrons. The van der Waals surface area contributed by atoms with E-state index in [2.05, 4.69) is 19.9 Å². The van der Waals surface area contributed by atoms with E-state index in [1.54, 1.807) is 48.5 Å². The van der Waals surface area contributed by atoms with Crippen molar-refractivity contribution in [1.29, 1.82) is 0 Å². The molecule has 8 heteroatoms. The first-order valence-corrected chi connectivity index (χ1v) is 8.29. The fourth-order valence-corrected chi connectivity index (χ4v) is 2.42. The van der Waals surface area contributed by atoms with Crippen molar-refractivity contribution in [3.05, 3.63) is 114 Å². The number of aromatic nitrogens is 4. The Morgan fingerprint density at radius 1 is 0.357 bits per heavy atom. The van der Waals surface area contributed by atoms with Gasteiger partial charge in [-0.05, 0) is 24.3 Å². The molecule has 0 saturated carbocycles. The molecule has 4 heterocycles. The third-order valence-corrected chi connectivity index (χ3v) is 3.65. The molecule has 0 bridgehead atoms. The van der Waals surface area contributed by atoms with Crippen LogP contribution in [0.3, 0.4) is 0 Å². The van der Waals surface area contributed by atoms with Gasteiger partial charge in [-0.3, -0.25) is 19.2 Å². The van der Waals surface area contributed by atoms with Gasteiger partial charge >= 0.3 is 0 Å². The van der Waals surface area contributed by atoms with E-state index in [0.29, 0.717) is 22.8 Å². The van der Waals surface area contributed by atoms with Gasteiger partial charge in [0, 0.05) is 24.3 Å². The Morgan fingerprint density at radius 3 is 0.750 bits per heavy atom. The van der Waals surface area contributed by atoms with Crippen molar-refractivity contribution in [1.82, 2.24) is 19.9 Å². The lowest BCUT2D eigenvalue weighted by atomic mass is 10.2. The van der Waals surface area contributed by atoms with E-state index in [0.717, 1.165) is 0 Å². The molecule has 0 saturated heterocycles. The molecule has 0 aliphatic rings. The van der Waals surface area contributed by atoms with Crippen molar-refractivity contribution in [3.8, 4) is 22.8 Å². The lowest BCUT2D eigenvalue weighted by molar-refractivity contribution is 1.17. The maximum Gasteiger partial charge on any atom is 0.248 e. The van der Waals surface area contributed by atoms with Crippen LogP contribution in [-0.2, 0) is 0 Å². The largest absolute Gasteiger partial charge is 0.321 e. The smallest absolute Gasteiger partial charge is 0.248 e. The van der Waals surface area contributed by atoms with Gasteiger partial charge in [0.1, 0.15) is 0 Å². The van der Waals surface area contributed by atoms with Crippen LogP contribution < -0.4 is 22.2 Å². The van der Waals surface area contributed by atoms with Crippen LogP contribution in [0.15, 0.2) is 92.0 Å². The van der Waals surface area contributed by atoms with Gasteiger partial charge in [-0.1, -0.05) is 24.3 Å². The van der Waals surface area contributed by atoms with Gasteiger partial charge in [-0.2, -0.15) is 0 Å². The van der Waals surface area contributed by atoms with E-state index in [1.165, 1.54) is 24.3 Å². The molecular weight excluding hydrogens is 360 g/mol. The van der Waals surface area contributed by atoms with Gasteiger partial charge in [-0.25, -0.2) is 0 Å². The predicted octanol–water partition coefficient (Wildman–Crippen LogP) is 1.46. The summed E-state index contributed by atoms with van der Waals surface area (Å²) in [5.74, 6) is 0. The van der Waals surface area contributed by atoms with Crippen molar-refractivity contribution in [2.24, 2.45) is 0 Å². The summed E-state index contributed by atoms with van der Waals surface area (Å²) in [5.41, 5.74) is 1.68. The van der Waals surface area contributed by atoms with Crippen LogP contribution in [0.5, 0.6) is 0 Å². The highest BCUT2D eigenvalue weighted by atomic mass is 16.1. The van der Waals surface area contributed by atoms with E-state index in [1.807, 2.05) is 0 Å². The van der Waals surface area contributed by atoms with Crippen molar-refractivity contribution in [3.63, 3.8) is 0 Å². The SMILES string of the molecule is O=c1cccc(-c2cccc(=O)[nH]2)[nH]1.O=c1cccc(-c2cccc(=O)[nH]2)[nH]1. The summed E-state index contributed by atoms with van der Waals surface area (Å²) >= 11 is 0. The van der Waals surface area contributed by atoms with Crippen molar-refractivity contribution < 1.29 is 0 Å². The maximum absolute atomic E-state index is 11.0. The average molecular weight is 376 g/mol. The topological polar surface area (TPSA) is 131 Å². The molecule has 0 amide bonds. The van der Waals surface area contributed by atoms with Crippen LogP contribution in [0.25, 0.3) is 22.8 Å². The van der Waals surface area contributed by atoms with Crippen LogP contribution in [0, 0.1) is 0 Å². The number of nitrogens with one attached hydrogen (secondary N) is 4. The van der Waals surface area contributed by atoms with Crippen LogP contribution in [-0.4, -0.2) is 19.9 Å². The molecule has 0 unspecified atom stereocenters. The zero-order chi connectivity index (χ0) is 19.9. The zero-order valence-electron chi connectivity index (χ0n) is 14.6. The Bertz CT molecular complexity index is 1110. The molecule has 0 spiro atoms. The average Bonchev–Trinajstić information content (AvgIpc) is 2.69. The summed E-state index contributed by atoms with van der Waals surface area (Å²) in [7, 11) is 0. The third kappa shape index (κ3) is 4.92. The van der Waals surface area contributed by atoms with E-state index < -0.39 is 0 Å². The van der Waals surface area contributed by atoms with Gasteiger partial charge in [0.2, 0.25) is 22.2 Å². The third-order valence-electron chi connectivity index (χ3n) is 3.65. The Balaban J connectivity index is 0.000000161. The van der Waals surface area contributed by atoms with Crippen LogP contribution in [0.1, 0.15) is 0 Å². The van der Waals surface area contributed by atoms with Crippen LogP contribution in [0.4, 0.5) is 0 Å². The molecule has 28 heavy (non-hydrogen) atoms. The van der Waals surface area contributed by atoms with Crippen LogP contribution in [0.2, 0.25) is 0 Å². The zero-order valence-corrected chi connectivity index (χ0v) is 14.6. The Kier molecular flexibility index (Phi) is 5.61. The van der Waals surface area contributed by atoms with E-state index in [-0.39, 0.29) is 22.2 Å². The summed E-state index contributed by atoms with van der Waals surface area (Å²) in [6.45, 7) is 0. The van der Waals surface area contributed by atoms with E-state index in [9.17, 15) is 19.2 Å². The number of rotatable bonds is 2. The molecule has 140 valence electrons. The molecule has 0 atom stereocenters. The molecule has 8 nitrogen and oxygen atoms in total. The number of aromatic amines is 4. The van der Waals surface area contributed by atoms with Gasteiger partial charge < -0.3 is 19.9 Å². The first-order valence-electron chi connectivity index (χ1n) is 8.29. The van der Waals surface area contributed by atoms with Gasteiger partial charge in [0.25, 0.3) is 0 Å². The van der Waals surface area contributed by atoms with E-state index >= 15 is 0 Å². The second kappa shape index (κ2) is 8.45. The molecule has 0 aliphatic heterocycles. The summed E-state index contributed by atoms with van der Waals surface area (Å²) in [6.07, 6.45) is 0. The highest BCUT2D eigenvalue weighted by Gasteiger charge is 1.98. The minimum atomic E-state index is -0.188. The Hall–Kier alpha value is -4.20. The second-order valence-electron chi connectivity index (χ2n) is 5.71. The van der Waals surface area contributed by atoms with Gasteiger partial charge in [-0.15, -0.1) is 0 Å². The van der Waals surface area contributed by atoms with Gasteiger partial charge in [0.15, 0.2) is 0 Å². The number of H-pyrrole nitrogens is 4. The van der Waals surface area contributed by atoms with Gasteiger partial charge in [0.05, 0.1) is 22.8 Å². The monoisotopic (exact) mass is 376 g/mol. The fourth-order valence-electron chi connectivity index (χ4n) is 2.42. The normalized spacial score (nSPS) is 10.0. The number of pyridine rings is 4. The van der Waals surface area contributed by atoms with Crippen LogP contribution >= 0.6 is 0 Å². The Morgan fingerprint density at radius 2 is 0.571 bits per heavy atom. The summed E-state index contributed by atoms with van der Waals surface area (Å²) in [6, 6.07) is 19.2. The second-order valence-corrected chi connectivity index (χ2v) is 5.71. The maximum atomic E-state index is 11.0. The predicted molar refractivity (Wildman–Crippen MR) is 106 cm³/mol. The molecule has 4 aromatic heterocycles. The highest BCUT2D eigenvalue weighted by molar-refractivity contribution is 5.53. The molecule has 0 aliphatic carbocycles. The van der Waals surface area contributed by atoms with Crippen molar-refractivity contribution in [2.75, 3.05) is 0 Å². The first-order chi connectivity index (χ1) is 13.5. The number of hydrogen-bond donors (Lipinski definition) is 4. The van der Waals surface area contributed by atoms with Crippen molar-refractivity contribution in [2.45, 2.75) is 0 Å². The highest BCUT2D eigenvalue weighted by Crippen LogP contribution is 2.09. The minimum absolute atomic E-state index is 0.188.